The minimum atomic E-state index is -0.781. The number of rotatable bonds is 5. The van der Waals surface area contributed by atoms with Gasteiger partial charge in [0.1, 0.15) is 11.6 Å². The van der Waals surface area contributed by atoms with Crippen molar-refractivity contribution in [3.05, 3.63) is 70.9 Å². The lowest BCUT2D eigenvalue weighted by Crippen LogP contribution is -2.49. The molecule has 0 radical (unpaired) electrons. The van der Waals surface area contributed by atoms with Crippen molar-refractivity contribution in [1.82, 2.24) is 9.88 Å². The quantitative estimate of drug-likeness (QED) is 0.360. The number of hydrogen-bond acceptors (Lipinski definition) is 6. The monoisotopic (exact) mass is 485 g/mol. The lowest BCUT2D eigenvalue weighted by atomic mass is 10.1. The first-order valence-corrected chi connectivity index (χ1v) is 12.7. The van der Waals surface area contributed by atoms with E-state index in [1.807, 2.05) is 35.7 Å². The van der Waals surface area contributed by atoms with Crippen LogP contribution in [0.1, 0.15) is 41.8 Å². The summed E-state index contributed by atoms with van der Waals surface area (Å²) in [5.41, 5.74) is 2.70. The van der Waals surface area contributed by atoms with Crippen LogP contribution in [0.15, 0.2) is 70.5 Å². The molecule has 1 unspecified atom stereocenters. The Hall–Kier alpha value is -3.78. The van der Waals surface area contributed by atoms with Gasteiger partial charge < -0.3 is 9.32 Å². The molecule has 7 nitrogen and oxygen atoms in total. The van der Waals surface area contributed by atoms with Gasteiger partial charge in [0, 0.05) is 11.6 Å². The fraction of sp³-hybridized carbons (Fsp3) is 0.259. The van der Waals surface area contributed by atoms with Gasteiger partial charge in [-0.05, 0) is 60.7 Å². The predicted octanol–water partition coefficient (Wildman–Crippen LogP) is 5.27. The molecule has 1 saturated carbocycles. The van der Waals surface area contributed by atoms with E-state index in [1.54, 1.807) is 35.2 Å². The van der Waals surface area contributed by atoms with E-state index in [4.69, 9.17) is 4.42 Å². The number of fused-ring (bicyclic) bond motifs is 1. The lowest BCUT2D eigenvalue weighted by molar-refractivity contribution is -0.123. The molecule has 8 heteroatoms. The Morgan fingerprint density at radius 3 is 2.49 bits per heavy atom. The average molecular weight is 486 g/mol. The van der Waals surface area contributed by atoms with E-state index in [2.05, 4.69) is 4.98 Å². The Labute approximate surface area is 206 Å². The molecule has 2 aromatic carbocycles. The maximum atomic E-state index is 13.5. The largest absolute Gasteiger partial charge is 0.436 e. The molecule has 2 aliphatic rings. The van der Waals surface area contributed by atoms with E-state index in [9.17, 15) is 14.4 Å². The van der Waals surface area contributed by atoms with Crippen LogP contribution in [-0.4, -0.2) is 39.7 Å². The van der Waals surface area contributed by atoms with Crippen molar-refractivity contribution in [2.75, 3.05) is 4.90 Å². The second-order valence-corrected chi connectivity index (χ2v) is 9.90. The topological polar surface area (TPSA) is 83.7 Å². The number of hydrogen-bond donors (Lipinski definition) is 0. The van der Waals surface area contributed by atoms with Gasteiger partial charge in [-0.2, -0.15) is 0 Å². The van der Waals surface area contributed by atoms with Crippen molar-refractivity contribution in [2.45, 2.75) is 44.2 Å². The Balaban J connectivity index is 1.28. The highest BCUT2D eigenvalue weighted by atomic mass is 32.1. The molecule has 3 heterocycles. The molecule has 35 heavy (non-hydrogen) atoms. The van der Waals surface area contributed by atoms with Crippen molar-refractivity contribution >= 4 is 45.8 Å². The normalized spacial score (nSPS) is 18.6. The van der Waals surface area contributed by atoms with Gasteiger partial charge in [-0.15, -0.1) is 11.3 Å². The van der Waals surface area contributed by atoms with Crippen molar-refractivity contribution in [3.63, 3.8) is 0 Å². The molecule has 0 N–H and O–H groups in total. The summed E-state index contributed by atoms with van der Waals surface area (Å²) in [5.74, 6) is -0.326. The summed E-state index contributed by atoms with van der Waals surface area (Å²) in [7, 11) is 0. The number of imide groups is 1. The van der Waals surface area contributed by atoms with Gasteiger partial charge in [-0.25, -0.2) is 9.88 Å². The van der Waals surface area contributed by atoms with Crippen molar-refractivity contribution < 1.29 is 18.8 Å². The number of nitrogens with zero attached hydrogens (tertiary/aromatic N) is 3. The smallest absolute Gasteiger partial charge is 0.264 e. The Kier molecular flexibility index (Phi) is 5.45. The fourth-order valence-corrected chi connectivity index (χ4v) is 5.79. The molecule has 1 aliphatic heterocycles. The number of carbonyl (C=O) groups is 3. The highest BCUT2D eigenvalue weighted by molar-refractivity contribution is 7.12. The zero-order chi connectivity index (χ0) is 23.9. The summed E-state index contributed by atoms with van der Waals surface area (Å²) in [6.45, 7) is 0. The Morgan fingerprint density at radius 1 is 1.00 bits per heavy atom. The highest BCUT2D eigenvalue weighted by Crippen LogP contribution is 2.34. The number of aromatic nitrogens is 1. The molecule has 1 saturated heterocycles. The molecule has 0 spiro atoms. The molecule has 4 aromatic rings. The number of para-hydroxylation sites is 2. The van der Waals surface area contributed by atoms with Gasteiger partial charge in [-0.1, -0.05) is 31.0 Å². The maximum absolute atomic E-state index is 13.5. The third-order valence-electron chi connectivity index (χ3n) is 6.81. The maximum Gasteiger partial charge on any atom is 0.264 e. The average Bonchev–Trinajstić information content (AvgIpc) is 3.68. The Bertz CT molecular complexity index is 1370. The molecule has 6 rings (SSSR count). The minimum Gasteiger partial charge on any atom is -0.436 e. The van der Waals surface area contributed by atoms with E-state index >= 15 is 0 Å². The fourth-order valence-electron chi connectivity index (χ4n) is 5.13. The van der Waals surface area contributed by atoms with E-state index in [0.29, 0.717) is 22.0 Å². The molecule has 0 bridgehead atoms. The van der Waals surface area contributed by atoms with Crippen LogP contribution in [-0.2, 0) is 9.59 Å². The summed E-state index contributed by atoms with van der Waals surface area (Å²) < 4.78 is 5.83. The zero-order valence-corrected chi connectivity index (χ0v) is 19.7. The number of carbonyl (C=O) groups excluding carboxylic acids is 3. The summed E-state index contributed by atoms with van der Waals surface area (Å²) in [6, 6.07) is 17.4. The summed E-state index contributed by atoms with van der Waals surface area (Å²) in [4.78, 5) is 48.0. The minimum absolute atomic E-state index is 0.000666. The van der Waals surface area contributed by atoms with Crippen LogP contribution < -0.4 is 4.90 Å². The summed E-state index contributed by atoms with van der Waals surface area (Å²) in [5, 5.41) is 1.85. The van der Waals surface area contributed by atoms with Crippen molar-refractivity contribution in [1.29, 1.82) is 0 Å². The Morgan fingerprint density at radius 2 is 1.77 bits per heavy atom. The van der Waals surface area contributed by atoms with Gasteiger partial charge >= 0.3 is 0 Å². The molecule has 2 aromatic heterocycles. The van der Waals surface area contributed by atoms with Crippen LogP contribution in [0.3, 0.4) is 0 Å². The van der Waals surface area contributed by atoms with Crippen molar-refractivity contribution in [2.24, 2.45) is 0 Å². The number of thiophene rings is 1. The van der Waals surface area contributed by atoms with Crippen LogP contribution in [0.2, 0.25) is 0 Å². The number of oxazole rings is 1. The van der Waals surface area contributed by atoms with E-state index in [1.165, 1.54) is 16.2 Å². The zero-order valence-electron chi connectivity index (χ0n) is 18.9. The van der Waals surface area contributed by atoms with E-state index < -0.39 is 6.04 Å². The van der Waals surface area contributed by atoms with E-state index in [0.717, 1.165) is 36.8 Å². The lowest BCUT2D eigenvalue weighted by Gasteiger charge is -2.32. The summed E-state index contributed by atoms with van der Waals surface area (Å²) in [6.07, 6.45) is 3.76. The SMILES string of the molecule is O=C1CC(N(C(=O)c2cccs2)C2CCCC2)C(=O)N1c1ccc(-c2nc3ccccc3o2)cc1. The third-order valence-corrected chi connectivity index (χ3v) is 7.67. The predicted molar refractivity (Wildman–Crippen MR) is 133 cm³/mol. The van der Waals surface area contributed by atoms with Crippen molar-refractivity contribution in [3.8, 4) is 11.5 Å². The standard InChI is InChI=1S/C27H23N3O4S/c31-24-16-21(29(18-6-1-2-7-18)27(33)23-10-5-15-35-23)26(32)30(24)19-13-11-17(12-14-19)25-28-20-8-3-4-9-22(20)34-25/h3-5,8-15,18,21H,1-2,6-7,16H2. The van der Waals surface area contributed by atoms with Gasteiger partial charge in [0.2, 0.25) is 11.8 Å². The molecule has 1 atom stereocenters. The summed E-state index contributed by atoms with van der Waals surface area (Å²) >= 11 is 1.36. The first-order valence-electron chi connectivity index (χ1n) is 11.8. The molecule has 3 amide bonds. The first-order chi connectivity index (χ1) is 17.1. The molecule has 176 valence electrons. The second kappa shape index (κ2) is 8.78. The number of anilines is 1. The van der Waals surface area contributed by atoms with E-state index in [-0.39, 0.29) is 30.2 Å². The number of benzene rings is 2. The van der Waals surface area contributed by atoms with Crippen LogP contribution in [0.4, 0.5) is 5.69 Å². The van der Waals surface area contributed by atoms with Gasteiger partial charge in [0.15, 0.2) is 5.58 Å². The molecule has 1 aliphatic carbocycles. The van der Waals surface area contributed by atoms with Crippen LogP contribution in [0, 0.1) is 0 Å². The highest BCUT2D eigenvalue weighted by Gasteiger charge is 2.47. The third kappa shape index (κ3) is 3.83. The van der Waals surface area contributed by atoms with Gasteiger partial charge in [0.25, 0.3) is 11.8 Å². The van der Waals surface area contributed by atoms with Crippen LogP contribution in [0.5, 0.6) is 0 Å². The first kappa shape index (κ1) is 21.7. The van der Waals surface area contributed by atoms with Gasteiger partial charge in [0.05, 0.1) is 17.0 Å². The second-order valence-electron chi connectivity index (χ2n) is 8.95. The van der Waals surface area contributed by atoms with Gasteiger partial charge in [-0.3, -0.25) is 14.4 Å². The van der Waals surface area contributed by atoms with Crippen LogP contribution >= 0.6 is 11.3 Å². The molecule has 2 fully saturated rings. The number of amides is 3. The molecular weight excluding hydrogens is 462 g/mol. The van der Waals surface area contributed by atoms with Crippen LogP contribution in [0.25, 0.3) is 22.6 Å². The molecular formula is C27H23N3O4S.